The van der Waals surface area contributed by atoms with Crippen molar-refractivity contribution in [1.29, 1.82) is 0 Å². The first kappa shape index (κ1) is 18.8. The summed E-state index contributed by atoms with van der Waals surface area (Å²) >= 11 is 1.23. The third-order valence-electron chi connectivity index (χ3n) is 3.93. The zero-order chi connectivity index (χ0) is 19.2. The number of nitrogens with one attached hydrogen (secondary N) is 2. The number of hydrogen-bond acceptors (Lipinski definition) is 6. The molecular weight excluding hydrogens is 368 g/mol. The van der Waals surface area contributed by atoms with Crippen molar-refractivity contribution in [3.8, 4) is 0 Å². The van der Waals surface area contributed by atoms with Gasteiger partial charge in [0.1, 0.15) is 0 Å². The number of hydrogen-bond donors (Lipinski definition) is 2. The molecule has 8 nitrogen and oxygen atoms in total. The van der Waals surface area contributed by atoms with Crippen molar-refractivity contribution in [3.05, 3.63) is 41.4 Å². The van der Waals surface area contributed by atoms with Gasteiger partial charge in [0, 0.05) is 24.0 Å². The molecule has 0 radical (unpaired) electrons. The van der Waals surface area contributed by atoms with Gasteiger partial charge in [-0.3, -0.25) is 14.9 Å². The highest BCUT2D eigenvalue weighted by atomic mass is 32.1. The number of anilines is 2. The summed E-state index contributed by atoms with van der Waals surface area (Å²) in [5.41, 5.74) is 1.36. The van der Waals surface area contributed by atoms with E-state index < -0.39 is 6.03 Å². The Balaban J connectivity index is 1.51. The first-order valence-electron chi connectivity index (χ1n) is 8.58. The minimum absolute atomic E-state index is 0.0301. The van der Waals surface area contributed by atoms with E-state index in [1.54, 1.807) is 17.2 Å². The van der Waals surface area contributed by atoms with E-state index in [1.807, 2.05) is 30.3 Å². The van der Waals surface area contributed by atoms with Crippen molar-refractivity contribution >= 4 is 40.1 Å². The summed E-state index contributed by atoms with van der Waals surface area (Å²) in [7, 11) is 0. The number of para-hydroxylation sites is 1. The Morgan fingerprint density at radius 2 is 2.11 bits per heavy atom. The number of aromatic nitrogens is 1. The summed E-state index contributed by atoms with van der Waals surface area (Å²) in [6, 6.07) is 8.63. The molecule has 1 aliphatic heterocycles. The van der Waals surface area contributed by atoms with E-state index in [9.17, 15) is 14.4 Å². The first-order valence-corrected chi connectivity index (χ1v) is 9.46. The number of urea groups is 1. The molecule has 1 aliphatic rings. The van der Waals surface area contributed by atoms with Crippen LogP contribution >= 0.6 is 11.3 Å². The van der Waals surface area contributed by atoms with Gasteiger partial charge in [0.2, 0.25) is 5.91 Å². The molecule has 9 heteroatoms. The quantitative estimate of drug-likeness (QED) is 0.739. The van der Waals surface area contributed by atoms with Crippen molar-refractivity contribution in [2.45, 2.75) is 25.8 Å². The van der Waals surface area contributed by atoms with E-state index in [4.69, 9.17) is 4.74 Å². The summed E-state index contributed by atoms with van der Waals surface area (Å²) in [6.45, 7) is 2.47. The highest BCUT2D eigenvalue weighted by molar-refractivity contribution is 7.13. The number of esters is 1. The standard InChI is InChI=1S/C18H20N4O4S/c1-2-26-16(24)9-13-11-27-18(20-13)21-17(25)19-12-8-15(23)22(10-12)14-6-4-3-5-7-14/h3-7,11-12H,2,8-10H2,1H3,(H2,19,20,21,25). The second kappa shape index (κ2) is 8.63. The van der Waals surface area contributed by atoms with Crippen molar-refractivity contribution < 1.29 is 19.1 Å². The number of carbonyl (C=O) groups excluding carboxylic acids is 3. The topological polar surface area (TPSA) is 101 Å². The van der Waals surface area contributed by atoms with Crippen LogP contribution in [0.25, 0.3) is 0 Å². The Kier molecular flexibility index (Phi) is 6.02. The van der Waals surface area contributed by atoms with Gasteiger partial charge in [-0.25, -0.2) is 9.78 Å². The number of thiazole rings is 1. The van der Waals surface area contributed by atoms with Gasteiger partial charge in [0.05, 0.1) is 24.8 Å². The molecule has 1 fully saturated rings. The fraction of sp³-hybridized carbons (Fsp3) is 0.333. The van der Waals surface area contributed by atoms with E-state index in [1.165, 1.54) is 11.3 Å². The molecule has 2 N–H and O–H groups in total. The van der Waals surface area contributed by atoms with Crippen LogP contribution in [0.3, 0.4) is 0 Å². The molecule has 1 aromatic heterocycles. The van der Waals surface area contributed by atoms with Crippen LogP contribution in [-0.2, 0) is 20.7 Å². The van der Waals surface area contributed by atoms with Crippen molar-refractivity contribution in [3.63, 3.8) is 0 Å². The predicted octanol–water partition coefficient (Wildman–Crippen LogP) is 2.18. The van der Waals surface area contributed by atoms with Crippen LogP contribution in [0, 0.1) is 0 Å². The van der Waals surface area contributed by atoms with Gasteiger partial charge >= 0.3 is 12.0 Å². The average Bonchev–Trinajstić information content (AvgIpc) is 3.22. The molecule has 2 heterocycles. The number of ether oxygens (including phenoxy) is 1. The lowest BCUT2D eigenvalue weighted by atomic mass is 10.2. The van der Waals surface area contributed by atoms with E-state index in [2.05, 4.69) is 15.6 Å². The van der Waals surface area contributed by atoms with Gasteiger partial charge in [-0.15, -0.1) is 11.3 Å². The largest absolute Gasteiger partial charge is 0.466 e. The predicted molar refractivity (Wildman–Crippen MR) is 102 cm³/mol. The lowest BCUT2D eigenvalue weighted by Crippen LogP contribution is -2.39. The number of amides is 3. The lowest BCUT2D eigenvalue weighted by molar-refractivity contribution is -0.142. The highest BCUT2D eigenvalue weighted by Gasteiger charge is 2.31. The Bertz CT molecular complexity index is 824. The first-order chi connectivity index (χ1) is 13.0. The van der Waals surface area contributed by atoms with E-state index in [0.29, 0.717) is 24.0 Å². The van der Waals surface area contributed by atoms with Crippen molar-refractivity contribution in [2.75, 3.05) is 23.4 Å². The smallest absolute Gasteiger partial charge is 0.321 e. The third kappa shape index (κ3) is 5.04. The zero-order valence-electron chi connectivity index (χ0n) is 14.8. The maximum absolute atomic E-state index is 12.2. The van der Waals surface area contributed by atoms with E-state index >= 15 is 0 Å². The van der Waals surface area contributed by atoms with E-state index in [-0.39, 0.29) is 30.8 Å². The number of benzene rings is 1. The summed E-state index contributed by atoms with van der Waals surface area (Å²) in [5, 5.41) is 7.51. The van der Waals surface area contributed by atoms with Crippen LogP contribution in [0.2, 0.25) is 0 Å². The van der Waals surface area contributed by atoms with Gasteiger partial charge in [-0.1, -0.05) is 18.2 Å². The molecule has 2 aromatic rings. The van der Waals surface area contributed by atoms with Crippen LogP contribution in [0.1, 0.15) is 19.0 Å². The fourth-order valence-electron chi connectivity index (χ4n) is 2.79. The summed E-state index contributed by atoms with van der Waals surface area (Å²) in [6.07, 6.45) is 0.311. The normalized spacial score (nSPS) is 16.3. The molecule has 3 amide bonds. The molecule has 0 saturated carbocycles. The Labute approximate surface area is 160 Å². The van der Waals surface area contributed by atoms with Crippen LogP contribution < -0.4 is 15.5 Å². The van der Waals surface area contributed by atoms with Crippen molar-refractivity contribution in [2.24, 2.45) is 0 Å². The molecular formula is C18H20N4O4S. The number of carbonyl (C=O) groups is 3. The van der Waals surface area contributed by atoms with Gasteiger partial charge in [-0.2, -0.15) is 0 Å². The fourth-order valence-corrected chi connectivity index (χ4v) is 3.49. The SMILES string of the molecule is CCOC(=O)Cc1csc(NC(=O)NC2CC(=O)N(c3ccccc3)C2)n1. The molecule has 3 rings (SSSR count). The van der Waals surface area contributed by atoms with Crippen LogP contribution in [0.5, 0.6) is 0 Å². The molecule has 0 aliphatic carbocycles. The molecule has 1 saturated heterocycles. The molecule has 1 atom stereocenters. The minimum Gasteiger partial charge on any atom is -0.466 e. The molecule has 142 valence electrons. The third-order valence-corrected chi connectivity index (χ3v) is 4.74. The maximum Gasteiger partial charge on any atom is 0.321 e. The van der Waals surface area contributed by atoms with E-state index in [0.717, 1.165) is 5.69 Å². The summed E-state index contributed by atoms with van der Waals surface area (Å²) < 4.78 is 4.87. The summed E-state index contributed by atoms with van der Waals surface area (Å²) in [5.74, 6) is -0.387. The second-order valence-corrected chi connectivity index (χ2v) is 6.82. The highest BCUT2D eigenvalue weighted by Crippen LogP contribution is 2.21. The lowest BCUT2D eigenvalue weighted by Gasteiger charge is -2.17. The minimum atomic E-state index is -0.431. The number of nitrogens with zero attached hydrogens (tertiary/aromatic N) is 2. The van der Waals surface area contributed by atoms with Crippen LogP contribution in [-0.4, -0.2) is 42.1 Å². The van der Waals surface area contributed by atoms with Crippen molar-refractivity contribution in [1.82, 2.24) is 10.3 Å². The second-order valence-electron chi connectivity index (χ2n) is 5.97. The van der Waals surface area contributed by atoms with Gasteiger partial charge in [-0.05, 0) is 19.1 Å². The van der Waals surface area contributed by atoms with Crippen LogP contribution in [0.15, 0.2) is 35.7 Å². The van der Waals surface area contributed by atoms with Gasteiger partial charge in [0.15, 0.2) is 5.13 Å². The average molecular weight is 388 g/mol. The maximum atomic E-state index is 12.2. The molecule has 27 heavy (non-hydrogen) atoms. The summed E-state index contributed by atoms with van der Waals surface area (Å²) in [4.78, 5) is 41.7. The zero-order valence-corrected chi connectivity index (χ0v) is 15.6. The Morgan fingerprint density at radius 3 is 2.85 bits per heavy atom. The van der Waals surface area contributed by atoms with Crippen LogP contribution in [0.4, 0.5) is 15.6 Å². The van der Waals surface area contributed by atoms with Gasteiger partial charge < -0.3 is 15.0 Å². The number of rotatable bonds is 6. The molecule has 1 aromatic carbocycles. The monoisotopic (exact) mass is 388 g/mol. The molecule has 1 unspecified atom stereocenters. The van der Waals surface area contributed by atoms with Gasteiger partial charge in [0.25, 0.3) is 0 Å². The Hall–Kier alpha value is -2.94. The molecule has 0 spiro atoms. The molecule has 0 bridgehead atoms. The Morgan fingerprint density at radius 1 is 1.33 bits per heavy atom.